The number of hydrogen-bond acceptors (Lipinski definition) is 3. The minimum atomic E-state index is -2.51. The molecule has 1 aliphatic heterocycles. The highest BCUT2D eigenvalue weighted by molar-refractivity contribution is 5.86. The molecule has 4 nitrogen and oxygen atoms in total. The van der Waals surface area contributed by atoms with Crippen LogP contribution in [0.2, 0.25) is 0 Å². The maximum absolute atomic E-state index is 13.3. The summed E-state index contributed by atoms with van der Waals surface area (Å²) in [6.07, 6.45) is 3.54. The molecule has 25 heavy (non-hydrogen) atoms. The van der Waals surface area contributed by atoms with E-state index in [9.17, 15) is 8.78 Å². The highest BCUT2D eigenvalue weighted by Gasteiger charge is 2.33. The van der Waals surface area contributed by atoms with Gasteiger partial charge in [0.25, 0.3) is 5.92 Å². The number of benzene rings is 1. The first kappa shape index (κ1) is 16.1. The van der Waals surface area contributed by atoms with Crippen LogP contribution in [-0.2, 0) is 6.54 Å². The van der Waals surface area contributed by atoms with E-state index < -0.39 is 5.92 Å². The van der Waals surface area contributed by atoms with Gasteiger partial charge in [0.2, 0.25) is 0 Å². The zero-order valence-corrected chi connectivity index (χ0v) is 14.1. The number of H-pyrrole nitrogens is 1. The molecule has 0 radical (unpaired) electrons. The number of aryl methyl sites for hydroxylation is 1. The minimum Gasteiger partial charge on any atom is -0.299 e. The lowest BCUT2D eigenvalue weighted by atomic mass is 10.0. The third-order valence-corrected chi connectivity index (χ3v) is 4.87. The Morgan fingerprint density at radius 1 is 1.12 bits per heavy atom. The molecule has 3 aromatic rings. The molecule has 1 fully saturated rings. The molecule has 0 aliphatic carbocycles. The van der Waals surface area contributed by atoms with Crippen LogP contribution in [0.25, 0.3) is 22.0 Å². The molecule has 130 valence electrons. The van der Waals surface area contributed by atoms with E-state index in [0.29, 0.717) is 19.6 Å². The zero-order valence-electron chi connectivity index (χ0n) is 14.1. The Kier molecular flexibility index (Phi) is 4.00. The molecule has 1 saturated heterocycles. The molecule has 0 spiro atoms. The monoisotopic (exact) mass is 342 g/mol. The second kappa shape index (κ2) is 6.19. The Bertz CT molecular complexity index is 893. The molecule has 1 aromatic carbocycles. The Balaban J connectivity index is 1.55. The second-order valence-electron chi connectivity index (χ2n) is 6.79. The van der Waals surface area contributed by atoms with Gasteiger partial charge in [-0.3, -0.25) is 15.0 Å². The molecule has 6 heteroatoms. The van der Waals surface area contributed by atoms with E-state index in [1.165, 1.54) is 0 Å². The number of pyridine rings is 1. The third-order valence-electron chi connectivity index (χ3n) is 4.87. The number of aromatic amines is 1. The molecule has 1 N–H and O–H groups in total. The Morgan fingerprint density at radius 3 is 2.72 bits per heavy atom. The van der Waals surface area contributed by atoms with Crippen LogP contribution in [0.5, 0.6) is 0 Å². The largest absolute Gasteiger partial charge is 0.299 e. The number of nitrogens with one attached hydrogen (secondary N) is 1. The van der Waals surface area contributed by atoms with E-state index in [4.69, 9.17) is 0 Å². The lowest BCUT2D eigenvalue weighted by Gasteiger charge is -2.31. The fourth-order valence-corrected chi connectivity index (χ4v) is 3.35. The van der Waals surface area contributed by atoms with Gasteiger partial charge in [-0.25, -0.2) is 8.78 Å². The van der Waals surface area contributed by atoms with Gasteiger partial charge in [0.1, 0.15) is 0 Å². The van der Waals surface area contributed by atoms with Crippen LogP contribution in [0.15, 0.2) is 36.7 Å². The van der Waals surface area contributed by atoms with Crippen molar-refractivity contribution in [2.75, 3.05) is 13.1 Å². The summed E-state index contributed by atoms with van der Waals surface area (Å²) in [4.78, 5) is 6.42. The van der Waals surface area contributed by atoms with Gasteiger partial charge < -0.3 is 0 Å². The molecule has 2 aromatic heterocycles. The Morgan fingerprint density at radius 2 is 1.92 bits per heavy atom. The van der Waals surface area contributed by atoms with Gasteiger partial charge in [0, 0.05) is 61.5 Å². The molecule has 0 atom stereocenters. The van der Waals surface area contributed by atoms with Crippen molar-refractivity contribution in [3.05, 3.63) is 47.9 Å². The second-order valence-corrected chi connectivity index (χ2v) is 6.79. The predicted octanol–water partition coefficient (Wildman–Crippen LogP) is 4.16. The average molecular weight is 342 g/mol. The molecule has 3 heterocycles. The van der Waals surface area contributed by atoms with Crippen LogP contribution >= 0.6 is 0 Å². The SMILES string of the molecule is Cc1[nH]nc2ccc(-c3cncc(CN4CCC(F)(F)CC4)c3)cc12. The third kappa shape index (κ3) is 3.39. The summed E-state index contributed by atoms with van der Waals surface area (Å²) in [5.74, 6) is -2.51. The highest BCUT2D eigenvalue weighted by atomic mass is 19.3. The number of rotatable bonds is 3. The van der Waals surface area contributed by atoms with Crippen molar-refractivity contribution in [1.82, 2.24) is 20.1 Å². The lowest BCUT2D eigenvalue weighted by molar-refractivity contribution is -0.0566. The number of fused-ring (bicyclic) bond motifs is 1. The number of nitrogens with zero attached hydrogens (tertiary/aromatic N) is 3. The summed E-state index contributed by atoms with van der Waals surface area (Å²) in [7, 11) is 0. The highest BCUT2D eigenvalue weighted by Crippen LogP contribution is 2.29. The first-order valence-corrected chi connectivity index (χ1v) is 8.49. The topological polar surface area (TPSA) is 44.8 Å². The van der Waals surface area contributed by atoms with Crippen LogP contribution in [0, 0.1) is 6.92 Å². The first-order chi connectivity index (χ1) is 12.0. The molecule has 0 unspecified atom stereocenters. The molecular formula is C19H20F2N4. The van der Waals surface area contributed by atoms with Crippen molar-refractivity contribution in [2.45, 2.75) is 32.2 Å². The fraction of sp³-hybridized carbons (Fsp3) is 0.368. The van der Waals surface area contributed by atoms with Crippen molar-refractivity contribution in [2.24, 2.45) is 0 Å². The summed E-state index contributed by atoms with van der Waals surface area (Å²) in [5.41, 5.74) is 5.14. The van der Waals surface area contributed by atoms with Crippen LogP contribution < -0.4 is 0 Å². The quantitative estimate of drug-likeness (QED) is 0.777. The number of hydrogen-bond donors (Lipinski definition) is 1. The summed E-state index contributed by atoms with van der Waals surface area (Å²) >= 11 is 0. The maximum atomic E-state index is 13.3. The summed E-state index contributed by atoms with van der Waals surface area (Å²) in [6.45, 7) is 3.51. The van der Waals surface area contributed by atoms with Crippen molar-refractivity contribution >= 4 is 10.9 Å². The summed E-state index contributed by atoms with van der Waals surface area (Å²) < 4.78 is 26.6. The lowest BCUT2D eigenvalue weighted by Crippen LogP contribution is -2.38. The van der Waals surface area contributed by atoms with Crippen molar-refractivity contribution in [1.29, 1.82) is 0 Å². The molecule has 0 bridgehead atoms. The van der Waals surface area contributed by atoms with E-state index in [0.717, 1.165) is 33.3 Å². The van der Waals surface area contributed by atoms with Crippen molar-refractivity contribution < 1.29 is 8.78 Å². The van der Waals surface area contributed by atoms with Gasteiger partial charge in [0.15, 0.2) is 0 Å². The van der Waals surface area contributed by atoms with Crippen molar-refractivity contribution in [3.8, 4) is 11.1 Å². The maximum Gasteiger partial charge on any atom is 0.250 e. The van der Waals surface area contributed by atoms with E-state index in [1.807, 2.05) is 31.5 Å². The smallest absolute Gasteiger partial charge is 0.250 e. The van der Waals surface area contributed by atoms with Gasteiger partial charge in [0.05, 0.1) is 5.52 Å². The Labute approximate surface area is 144 Å². The Hall–Kier alpha value is -2.34. The van der Waals surface area contributed by atoms with Crippen LogP contribution in [0.3, 0.4) is 0 Å². The summed E-state index contributed by atoms with van der Waals surface area (Å²) in [5, 5.41) is 8.34. The van der Waals surface area contributed by atoms with Crippen LogP contribution in [0.1, 0.15) is 24.1 Å². The van der Waals surface area contributed by atoms with E-state index in [-0.39, 0.29) is 12.8 Å². The van der Waals surface area contributed by atoms with Crippen LogP contribution in [-0.4, -0.2) is 39.1 Å². The van der Waals surface area contributed by atoms with Gasteiger partial charge in [-0.05, 0) is 36.2 Å². The number of likely N-dealkylation sites (tertiary alicyclic amines) is 1. The molecule has 1 aliphatic rings. The van der Waals surface area contributed by atoms with E-state index in [2.05, 4.69) is 32.2 Å². The normalized spacial score (nSPS) is 17.9. The van der Waals surface area contributed by atoms with Crippen LogP contribution in [0.4, 0.5) is 8.78 Å². The summed E-state index contributed by atoms with van der Waals surface area (Å²) in [6, 6.07) is 8.23. The standard InChI is InChI=1S/C19H20F2N4/c1-13-17-9-15(2-3-18(17)24-23-13)16-8-14(10-22-11-16)12-25-6-4-19(20,21)5-7-25/h2-3,8-11H,4-7,12H2,1H3,(H,23,24). The van der Waals surface area contributed by atoms with Gasteiger partial charge in [-0.2, -0.15) is 5.10 Å². The number of aromatic nitrogens is 3. The predicted molar refractivity (Wildman–Crippen MR) is 93.5 cm³/mol. The van der Waals surface area contributed by atoms with Gasteiger partial charge in [-0.1, -0.05) is 6.07 Å². The number of halogens is 2. The zero-order chi connectivity index (χ0) is 17.4. The molecular weight excluding hydrogens is 322 g/mol. The van der Waals surface area contributed by atoms with E-state index in [1.54, 1.807) is 0 Å². The first-order valence-electron chi connectivity index (χ1n) is 8.49. The fourth-order valence-electron chi connectivity index (χ4n) is 3.35. The van der Waals surface area contributed by atoms with Crippen molar-refractivity contribution in [3.63, 3.8) is 0 Å². The van der Waals surface area contributed by atoms with Gasteiger partial charge >= 0.3 is 0 Å². The minimum absolute atomic E-state index is 0.0590. The van der Waals surface area contributed by atoms with E-state index >= 15 is 0 Å². The number of piperidine rings is 1. The molecule has 4 rings (SSSR count). The average Bonchev–Trinajstić information content (AvgIpc) is 2.98. The van der Waals surface area contributed by atoms with Gasteiger partial charge in [-0.15, -0.1) is 0 Å². The molecule has 0 amide bonds. The molecule has 0 saturated carbocycles. The number of alkyl halides is 2.